The molecule has 0 spiro atoms. The maximum atomic E-state index is 13.0. The maximum absolute atomic E-state index is 13.0. The van der Waals surface area contributed by atoms with Crippen molar-refractivity contribution in [3.8, 4) is 0 Å². The number of guanidine groups is 1. The van der Waals surface area contributed by atoms with Gasteiger partial charge < -0.3 is 4.57 Å². The van der Waals surface area contributed by atoms with Gasteiger partial charge in [-0.1, -0.05) is 43.7 Å². The maximum Gasteiger partial charge on any atom is 0.280 e. The van der Waals surface area contributed by atoms with E-state index in [0.717, 1.165) is 42.6 Å². The van der Waals surface area contributed by atoms with E-state index in [9.17, 15) is 4.79 Å². The Morgan fingerprint density at radius 3 is 2.72 bits per heavy atom. The molecule has 1 aromatic heterocycles. The molecule has 2 aliphatic heterocycles. The van der Waals surface area contributed by atoms with Gasteiger partial charge in [0.2, 0.25) is 5.96 Å². The second kappa shape index (κ2) is 6.02. The Morgan fingerprint density at radius 1 is 1.24 bits per heavy atom. The van der Waals surface area contributed by atoms with E-state index in [2.05, 4.69) is 24.0 Å². The molecule has 1 aromatic carbocycles. The summed E-state index contributed by atoms with van der Waals surface area (Å²) in [6.07, 6.45) is 2.11. The molecular weight excluding hydrogens is 314 g/mol. The topological polar surface area (TPSA) is 53.7 Å². The molecule has 25 heavy (non-hydrogen) atoms. The van der Waals surface area contributed by atoms with Gasteiger partial charge in [0.1, 0.15) is 5.82 Å². The number of imidazole rings is 1. The normalized spacial score (nSPS) is 19.1. The van der Waals surface area contributed by atoms with Gasteiger partial charge in [0.15, 0.2) is 11.5 Å². The molecule has 2 aromatic rings. The van der Waals surface area contributed by atoms with E-state index >= 15 is 0 Å². The number of rotatable bonds is 4. The van der Waals surface area contributed by atoms with E-state index in [1.54, 1.807) is 11.9 Å². The number of hydrogen-bond acceptors (Lipinski definition) is 4. The van der Waals surface area contributed by atoms with Crippen molar-refractivity contribution in [3.05, 3.63) is 47.4 Å². The Balaban J connectivity index is 1.75. The summed E-state index contributed by atoms with van der Waals surface area (Å²) in [7, 11) is 1.81. The number of nitrogens with zero attached hydrogens (tertiary/aromatic N) is 5. The van der Waals surface area contributed by atoms with Gasteiger partial charge in [0.25, 0.3) is 5.91 Å². The van der Waals surface area contributed by atoms with Crippen LogP contribution in [0.2, 0.25) is 0 Å². The van der Waals surface area contributed by atoms with Crippen LogP contribution in [0.25, 0.3) is 0 Å². The number of amides is 1. The van der Waals surface area contributed by atoms with Crippen molar-refractivity contribution >= 4 is 17.7 Å². The third-order valence-electron chi connectivity index (χ3n) is 4.94. The Hall–Kier alpha value is -2.63. The summed E-state index contributed by atoms with van der Waals surface area (Å²) in [6, 6.07) is 10.4. The van der Waals surface area contributed by atoms with E-state index in [1.807, 2.05) is 29.7 Å². The number of aromatic nitrogens is 2. The molecule has 0 N–H and O–H groups in total. The Bertz CT molecular complexity index is 839. The molecule has 0 saturated heterocycles. The smallest absolute Gasteiger partial charge is 0.280 e. The monoisotopic (exact) mass is 337 g/mol. The minimum Gasteiger partial charge on any atom is -0.318 e. The molecule has 6 heteroatoms. The van der Waals surface area contributed by atoms with Crippen LogP contribution in [0.5, 0.6) is 0 Å². The lowest BCUT2D eigenvalue weighted by Crippen LogP contribution is -2.48. The van der Waals surface area contributed by atoms with Crippen molar-refractivity contribution in [1.29, 1.82) is 0 Å². The van der Waals surface area contributed by atoms with Gasteiger partial charge in [-0.2, -0.15) is 0 Å². The molecule has 0 aliphatic carbocycles. The van der Waals surface area contributed by atoms with Crippen molar-refractivity contribution in [1.82, 2.24) is 14.5 Å². The largest absolute Gasteiger partial charge is 0.318 e. The molecule has 1 unspecified atom stereocenters. The van der Waals surface area contributed by atoms with Gasteiger partial charge in [0, 0.05) is 13.6 Å². The fourth-order valence-corrected chi connectivity index (χ4v) is 3.66. The van der Waals surface area contributed by atoms with E-state index in [4.69, 9.17) is 9.98 Å². The van der Waals surface area contributed by atoms with Crippen LogP contribution < -0.4 is 4.90 Å². The number of carbonyl (C=O) groups is 1. The highest BCUT2D eigenvalue weighted by Crippen LogP contribution is 2.32. The molecule has 1 atom stereocenters. The van der Waals surface area contributed by atoms with Gasteiger partial charge in [0.05, 0.1) is 12.6 Å². The third kappa shape index (κ3) is 2.52. The van der Waals surface area contributed by atoms with Gasteiger partial charge in [-0.15, -0.1) is 0 Å². The summed E-state index contributed by atoms with van der Waals surface area (Å²) in [6.45, 7) is 5.57. The molecule has 130 valence electrons. The van der Waals surface area contributed by atoms with Crippen LogP contribution in [-0.4, -0.2) is 46.0 Å². The number of benzene rings is 1. The SMILES string of the molecule is CCCC1CN2C(=N1)N(C)C(=O)c1c2nc(C)n1Cc1ccccc1. The molecule has 4 rings (SSSR count). The Kier molecular flexibility index (Phi) is 3.82. The van der Waals surface area contributed by atoms with Crippen LogP contribution in [0.1, 0.15) is 41.6 Å². The lowest BCUT2D eigenvalue weighted by Gasteiger charge is -2.31. The van der Waals surface area contributed by atoms with Gasteiger partial charge in [-0.25, -0.2) is 9.98 Å². The van der Waals surface area contributed by atoms with Crippen LogP contribution in [-0.2, 0) is 6.54 Å². The first-order valence-electron chi connectivity index (χ1n) is 8.84. The first kappa shape index (κ1) is 15.9. The predicted octanol–water partition coefficient (Wildman–Crippen LogP) is 2.67. The van der Waals surface area contributed by atoms with Crippen LogP contribution in [0.4, 0.5) is 5.82 Å². The summed E-state index contributed by atoms with van der Waals surface area (Å²) in [5, 5.41) is 0. The number of anilines is 1. The third-order valence-corrected chi connectivity index (χ3v) is 4.94. The Labute approximate surface area is 147 Å². The Morgan fingerprint density at radius 2 is 2.00 bits per heavy atom. The number of fused-ring (bicyclic) bond motifs is 3. The average molecular weight is 337 g/mol. The molecular formula is C19H23N5O. The zero-order chi connectivity index (χ0) is 17.6. The van der Waals surface area contributed by atoms with Crippen LogP contribution >= 0.6 is 0 Å². The van der Waals surface area contributed by atoms with Crippen molar-refractivity contribution in [2.24, 2.45) is 4.99 Å². The minimum absolute atomic E-state index is 0.0290. The van der Waals surface area contributed by atoms with Crippen molar-refractivity contribution in [3.63, 3.8) is 0 Å². The lowest BCUT2D eigenvalue weighted by atomic mass is 10.2. The zero-order valence-corrected chi connectivity index (χ0v) is 14.9. The van der Waals surface area contributed by atoms with Gasteiger partial charge in [-0.3, -0.25) is 14.6 Å². The molecule has 0 saturated carbocycles. The van der Waals surface area contributed by atoms with Gasteiger partial charge >= 0.3 is 0 Å². The van der Waals surface area contributed by atoms with E-state index in [0.29, 0.717) is 12.2 Å². The molecule has 1 amide bonds. The highest BCUT2D eigenvalue weighted by Gasteiger charge is 2.41. The zero-order valence-electron chi connectivity index (χ0n) is 14.9. The van der Waals surface area contributed by atoms with Crippen LogP contribution in [0.15, 0.2) is 35.3 Å². The molecule has 0 fully saturated rings. The predicted molar refractivity (Wildman–Crippen MR) is 98.1 cm³/mol. The summed E-state index contributed by atoms with van der Waals surface area (Å²) < 4.78 is 2.02. The first-order chi connectivity index (χ1) is 12.1. The quantitative estimate of drug-likeness (QED) is 0.862. The van der Waals surface area contributed by atoms with Gasteiger partial charge in [-0.05, 0) is 18.9 Å². The minimum atomic E-state index is -0.0290. The van der Waals surface area contributed by atoms with Crippen molar-refractivity contribution in [2.45, 2.75) is 39.3 Å². The average Bonchev–Trinajstić information content (AvgIpc) is 3.16. The van der Waals surface area contributed by atoms with E-state index in [1.165, 1.54) is 0 Å². The van der Waals surface area contributed by atoms with Crippen molar-refractivity contribution in [2.75, 3.05) is 18.5 Å². The molecule has 0 radical (unpaired) electrons. The summed E-state index contributed by atoms with van der Waals surface area (Å²) in [5.74, 6) is 2.32. The fourth-order valence-electron chi connectivity index (χ4n) is 3.66. The summed E-state index contributed by atoms with van der Waals surface area (Å²) >= 11 is 0. The van der Waals surface area contributed by atoms with E-state index in [-0.39, 0.29) is 11.9 Å². The highest BCUT2D eigenvalue weighted by molar-refractivity contribution is 6.17. The van der Waals surface area contributed by atoms with Crippen molar-refractivity contribution < 1.29 is 4.79 Å². The number of aryl methyl sites for hydroxylation is 1. The summed E-state index contributed by atoms with van der Waals surface area (Å²) in [5.41, 5.74) is 1.82. The van der Waals surface area contributed by atoms with Crippen LogP contribution in [0, 0.1) is 6.92 Å². The highest BCUT2D eigenvalue weighted by atomic mass is 16.2. The van der Waals surface area contributed by atoms with Crippen LogP contribution in [0.3, 0.4) is 0 Å². The molecule has 3 heterocycles. The molecule has 0 bridgehead atoms. The second-order valence-corrected chi connectivity index (χ2v) is 6.75. The fraction of sp³-hybridized carbons (Fsp3) is 0.421. The summed E-state index contributed by atoms with van der Waals surface area (Å²) in [4.78, 5) is 26.3. The number of carbonyl (C=O) groups excluding carboxylic acids is 1. The lowest BCUT2D eigenvalue weighted by molar-refractivity contribution is 0.0855. The van der Waals surface area contributed by atoms with E-state index < -0.39 is 0 Å². The molecule has 6 nitrogen and oxygen atoms in total. The number of hydrogen-bond donors (Lipinski definition) is 0. The standard InChI is InChI=1S/C19H23N5O/c1-4-8-15-12-24-17-16(18(25)22(3)19(24)21-15)23(13(2)20-17)11-14-9-6-5-7-10-14/h5-7,9-10,15H,4,8,11-12H2,1-3H3. The molecule has 2 aliphatic rings. The second-order valence-electron chi connectivity index (χ2n) is 6.75. The number of aliphatic imine (C=N–C) groups is 1. The first-order valence-corrected chi connectivity index (χ1v) is 8.84.